The highest BCUT2D eigenvalue weighted by Gasteiger charge is 2.04. The molecule has 1 nitrogen and oxygen atoms in total. The third-order valence-corrected chi connectivity index (χ3v) is 1.70. The quantitative estimate of drug-likeness (QED) is 0.599. The summed E-state index contributed by atoms with van der Waals surface area (Å²) < 4.78 is 13.0. The molecule has 13 heavy (non-hydrogen) atoms. The molecule has 0 atom stereocenters. The van der Waals surface area contributed by atoms with E-state index in [1.165, 1.54) is 0 Å². The highest BCUT2D eigenvalue weighted by Crippen LogP contribution is 2.14. The first kappa shape index (κ1) is 11.6. The summed E-state index contributed by atoms with van der Waals surface area (Å²) in [4.78, 5) is 0. The molecule has 0 aromatic heterocycles. The number of nitriles is 1. The zero-order valence-corrected chi connectivity index (χ0v) is 8.48. The van der Waals surface area contributed by atoms with E-state index in [2.05, 4.69) is 0 Å². The minimum Gasteiger partial charge on any atom is -0.206 e. The summed E-state index contributed by atoms with van der Waals surface area (Å²) in [7, 11) is 0. The van der Waals surface area contributed by atoms with Crippen LogP contribution in [0.3, 0.4) is 0 Å². The van der Waals surface area contributed by atoms with Crippen LogP contribution in [0.25, 0.3) is 0 Å². The van der Waals surface area contributed by atoms with Gasteiger partial charge in [-0.1, -0.05) is 19.9 Å². The van der Waals surface area contributed by atoms with E-state index in [0.717, 1.165) is 0 Å². The second-order valence-corrected chi connectivity index (χ2v) is 2.48. The van der Waals surface area contributed by atoms with Crippen LogP contribution in [0, 0.1) is 31.0 Å². The first-order valence-electron chi connectivity index (χ1n) is 4.32. The van der Waals surface area contributed by atoms with Gasteiger partial charge >= 0.3 is 0 Å². The van der Waals surface area contributed by atoms with E-state index in [-0.39, 0.29) is 5.82 Å². The third kappa shape index (κ3) is 2.55. The van der Waals surface area contributed by atoms with Gasteiger partial charge in [0.15, 0.2) is 0 Å². The summed E-state index contributed by atoms with van der Waals surface area (Å²) in [5.41, 5.74) is 1.43. The summed E-state index contributed by atoms with van der Waals surface area (Å²) in [6.45, 7) is 7.30. The molecule has 0 fully saturated rings. The Morgan fingerprint density at radius 3 is 2.23 bits per heavy atom. The van der Waals surface area contributed by atoms with Crippen molar-refractivity contribution in [3.8, 4) is 6.07 Å². The first-order chi connectivity index (χ1) is 6.16. The van der Waals surface area contributed by atoms with Crippen molar-refractivity contribution in [3.63, 3.8) is 0 Å². The number of hydrogen-bond donors (Lipinski definition) is 0. The Hall–Kier alpha value is -1.36. The lowest BCUT2D eigenvalue weighted by Gasteiger charge is -2.00. The number of aryl methyl sites for hydroxylation is 1. The van der Waals surface area contributed by atoms with Gasteiger partial charge in [0.1, 0.15) is 5.82 Å². The SMILES string of the molecule is CC.Cc1ccc(C#N)c(C)c1F. The molecule has 0 radical (unpaired) electrons. The average Bonchev–Trinajstić information content (AvgIpc) is 2.18. The molecule has 0 aliphatic rings. The molecule has 1 aromatic carbocycles. The van der Waals surface area contributed by atoms with Gasteiger partial charge in [0.05, 0.1) is 11.6 Å². The summed E-state index contributed by atoms with van der Waals surface area (Å²) in [6, 6.07) is 5.17. The zero-order chi connectivity index (χ0) is 10.4. The Morgan fingerprint density at radius 1 is 1.23 bits per heavy atom. The molecule has 0 aliphatic heterocycles. The lowest BCUT2D eigenvalue weighted by atomic mass is 10.1. The standard InChI is InChI=1S/C9H8FN.C2H6/c1-6-3-4-8(5-11)7(2)9(6)10;1-2/h3-4H,1-2H3;1-2H3. The molecule has 0 aliphatic carbocycles. The maximum absolute atomic E-state index is 13.0. The molecule has 0 bridgehead atoms. The van der Waals surface area contributed by atoms with Crippen molar-refractivity contribution >= 4 is 0 Å². The van der Waals surface area contributed by atoms with Crippen LogP contribution in [0.5, 0.6) is 0 Å². The van der Waals surface area contributed by atoms with Crippen molar-refractivity contribution in [1.29, 1.82) is 5.26 Å². The highest BCUT2D eigenvalue weighted by molar-refractivity contribution is 5.40. The molecule has 0 unspecified atom stereocenters. The fourth-order valence-electron chi connectivity index (χ4n) is 0.942. The second-order valence-electron chi connectivity index (χ2n) is 2.48. The zero-order valence-electron chi connectivity index (χ0n) is 8.48. The van der Waals surface area contributed by atoms with E-state index in [1.54, 1.807) is 26.0 Å². The summed E-state index contributed by atoms with van der Waals surface area (Å²) in [5.74, 6) is -0.274. The van der Waals surface area contributed by atoms with E-state index < -0.39 is 0 Å². The van der Waals surface area contributed by atoms with Crippen LogP contribution in [-0.2, 0) is 0 Å². The lowest BCUT2D eigenvalue weighted by molar-refractivity contribution is 0.608. The van der Waals surface area contributed by atoms with E-state index in [0.29, 0.717) is 16.7 Å². The Balaban J connectivity index is 0.000000671. The topological polar surface area (TPSA) is 23.8 Å². The predicted octanol–water partition coefficient (Wildman–Crippen LogP) is 3.34. The Bertz CT molecular complexity index is 324. The molecule has 0 heterocycles. The third-order valence-electron chi connectivity index (χ3n) is 1.70. The van der Waals surface area contributed by atoms with Gasteiger partial charge in [-0.15, -0.1) is 0 Å². The van der Waals surface area contributed by atoms with E-state index in [9.17, 15) is 4.39 Å². The maximum Gasteiger partial charge on any atom is 0.130 e. The largest absolute Gasteiger partial charge is 0.206 e. The van der Waals surface area contributed by atoms with Gasteiger partial charge in [0, 0.05) is 5.56 Å². The molecule has 0 amide bonds. The maximum atomic E-state index is 13.0. The van der Waals surface area contributed by atoms with Crippen LogP contribution in [0.1, 0.15) is 30.5 Å². The smallest absolute Gasteiger partial charge is 0.130 e. The molecule has 0 saturated carbocycles. The van der Waals surface area contributed by atoms with Gasteiger partial charge in [-0.25, -0.2) is 4.39 Å². The highest BCUT2D eigenvalue weighted by atomic mass is 19.1. The molecule has 1 aromatic rings. The number of nitrogens with zero attached hydrogens (tertiary/aromatic N) is 1. The molecule has 70 valence electrons. The number of hydrogen-bond acceptors (Lipinski definition) is 1. The average molecular weight is 179 g/mol. The molecular formula is C11H14FN. The van der Waals surface area contributed by atoms with Crippen LogP contribution in [0.4, 0.5) is 4.39 Å². The predicted molar refractivity (Wildman–Crippen MR) is 51.9 cm³/mol. The molecule has 2 heteroatoms. The fourth-order valence-corrected chi connectivity index (χ4v) is 0.942. The van der Waals surface area contributed by atoms with Crippen molar-refractivity contribution in [2.75, 3.05) is 0 Å². The Kier molecular flexibility index (Phi) is 4.76. The fraction of sp³-hybridized carbons (Fsp3) is 0.364. The molecule has 1 rings (SSSR count). The van der Waals surface area contributed by atoms with Crippen molar-refractivity contribution in [2.24, 2.45) is 0 Å². The van der Waals surface area contributed by atoms with Crippen LogP contribution in [0.15, 0.2) is 12.1 Å². The summed E-state index contributed by atoms with van der Waals surface area (Å²) in [6.07, 6.45) is 0. The van der Waals surface area contributed by atoms with Gasteiger partial charge in [0.25, 0.3) is 0 Å². The van der Waals surface area contributed by atoms with Crippen LogP contribution < -0.4 is 0 Å². The monoisotopic (exact) mass is 179 g/mol. The number of rotatable bonds is 0. The van der Waals surface area contributed by atoms with Gasteiger partial charge in [-0.05, 0) is 25.5 Å². The molecule has 0 N–H and O–H groups in total. The van der Waals surface area contributed by atoms with Gasteiger partial charge in [-0.2, -0.15) is 5.26 Å². The first-order valence-corrected chi connectivity index (χ1v) is 4.32. The van der Waals surface area contributed by atoms with Crippen molar-refractivity contribution < 1.29 is 4.39 Å². The molecule has 0 saturated heterocycles. The Morgan fingerprint density at radius 2 is 1.77 bits per heavy atom. The summed E-state index contributed by atoms with van der Waals surface area (Å²) in [5, 5.41) is 8.52. The van der Waals surface area contributed by atoms with Crippen molar-refractivity contribution in [1.82, 2.24) is 0 Å². The molecular weight excluding hydrogens is 165 g/mol. The van der Waals surface area contributed by atoms with E-state index >= 15 is 0 Å². The Labute approximate surface area is 78.8 Å². The van der Waals surface area contributed by atoms with E-state index in [1.807, 2.05) is 19.9 Å². The van der Waals surface area contributed by atoms with Crippen molar-refractivity contribution in [2.45, 2.75) is 27.7 Å². The summed E-state index contributed by atoms with van der Waals surface area (Å²) >= 11 is 0. The molecule has 0 spiro atoms. The second kappa shape index (κ2) is 5.31. The minimum absolute atomic E-state index is 0.274. The van der Waals surface area contributed by atoms with Gasteiger partial charge in [-0.3, -0.25) is 0 Å². The van der Waals surface area contributed by atoms with Gasteiger partial charge < -0.3 is 0 Å². The van der Waals surface area contributed by atoms with Crippen molar-refractivity contribution in [3.05, 3.63) is 34.6 Å². The van der Waals surface area contributed by atoms with Crippen LogP contribution in [-0.4, -0.2) is 0 Å². The van der Waals surface area contributed by atoms with E-state index in [4.69, 9.17) is 5.26 Å². The minimum atomic E-state index is -0.274. The number of halogens is 1. The number of benzene rings is 1. The normalized spacial score (nSPS) is 8.31. The van der Waals surface area contributed by atoms with Gasteiger partial charge in [0.2, 0.25) is 0 Å². The van der Waals surface area contributed by atoms with Crippen LogP contribution in [0.2, 0.25) is 0 Å². The van der Waals surface area contributed by atoms with Crippen LogP contribution >= 0.6 is 0 Å². The lowest BCUT2D eigenvalue weighted by Crippen LogP contribution is -1.90.